The summed E-state index contributed by atoms with van der Waals surface area (Å²) in [6.07, 6.45) is 2.31. The fourth-order valence-corrected chi connectivity index (χ4v) is 2.45. The molecule has 0 unspecified atom stereocenters. The molecule has 1 heterocycles. The zero-order valence-electron chi connectivity index (χ0n) is 14.7. The van der Waals surface area contributed by atoms with Crippen LogP contribution in [0.1, 0.15) is 60.0 Å². The minimum Gasteiger partial charge on any atom is -0.378 e. The third-order valence-electron chi connectivity index (χ3n) is 3.93. The average molecular weight is 338 g/mol. The molecule has 3 rings (SSSR count). The van der Waals surface area contributed by atoms with Gasteiger partial charge in [0.2, 0.25) is 0 Å². The molecular formula is C20H22N2O3. The van der Waals surface area contributed by atoms with Crippen molar-refractivity contribution in [2.75, 3.05) is 7.05 Å². The lowest BCUT2D eigenvalue weighted by Gasteiger charge is -2.15. The Hall–Kier alpha value is -2.58. The van der Waals surface area contributed by atoms with E-state index in [1.54, 1.807) is 44.0 Å². The quantitative estimate of drug-likeness (QED) is 0.871. The van der Waals surface area contributed by atoms with Crippen LogP contribution in [0.2, 0.25) is 0 Å². The molecule has 0 bridgehead atoms. The topological polar surface area (TPSA) is 66.6 Å². The molecule has 0 radical (unpaired) electrons. The summed E-state index contributed by atoms with van der Waals surface area (Å²) in [5.74, 6) is 6.96. The van der Waals surface area contributed by atoms with Crippen molar-refractivity contribution >= 4 is 5.91 Å². The van der Waals surface area contributed by atoms with Crippen LogP contribution in [-0.4, -0.2) is 33.7 Å². The third-order valence-corrected chi connectivity index (χ3v) is 3.93. The third kappa shape index (κ3) is 4.71. The first kappa shape index (κ1) is 17.2. The summed E-state index contributed by atoms with van der Waals surface area (Å²) >= 11 is 0. The molecule has 5 heteroatoms. The van der Waals surface area contributed by atoms with Gasteiger partial charge in [0, 0.05) is 30.2 Å². The number of rotatable bonds is 4. The van der Waals surface area contributed by atoms with Gasteiger partial charge in [-0.3, -0.25) is 4.79 Å². The van der Waals surface area contributed by atoms with Gasteiger partial charge in [0.25, 0.3) is 5.91 Å². The highest BCUT2D eigenvalue weighted by Crippen LogP contribution is 2.40. The van der Waals surface area contributed by atoms with Gasteiger partial charge in [0.05, 0.1) is 6.54 Å². The van der Waals surface area contributed by atoms with Crippen LogP contribution < -0.4 is 0 Å². The van der Waals surface area contributed by atoms with Gasteiger partial charge in [-0.25, -0.2) is 0 Å². The predicted octanol–water partition coefficient (Wildman–Crippen LogP) is 2.95. The predicted molar refractivity (Wildman–Crippen MR) is 93.9 cm³/mol. The SMILES string of the molecule is CN(Cc1cc(C2CC2)on1)C(=O)c1cccc(C#CC(C)(C)O)c1. The van der Waals surface area contributed by atoms with Gasteiger partial charge >= 0.3 is 0 Å². The van der Waals surface area contributed by atoms with Crippen molar-refractivity contribution in [3.05, 3.63) is 52.9 Å². The maximum atomic E-state index is 12.6. The van der Waals surface area contributed by atoms with Gasteiger partial charge in [0.15, 0.2) is 0 Å². The Balaban J connectivity index is 1.69. The zero-order valence-corrected chi connectivity index (χ0v) is 14.7. The van der Waals surface area contributed by atoms with Crippen molar-refractivity contribution in [2.24, 2.45) is 0 Å². The van der Waals surface area contributed by atoms with E-state index in [9.17, 15) is 9.90 Å². The summed E-state index contributed by atoms with van der Waals surface area (Å²) in [4.78, 5) is 14.2. The van der Waals surface area contributed by atoms with Crippen molar-refractivity contribution in [2.45, 2.75) is 44.8 Å². The minimum absolute atomic E-state index is 0.108. The average Bonchev–Trinajstić information content (AvgIpc) is 3.32. The molecule has 1 amide bonds. The van der Waals surface area contributed by atoms with Crippen LogP contribution >= 0.6 is 0 Å². The standard InChI is InChI=1S/C20H22N2O3/c1-20(2,24)10-9-14-5-4-6-16(11-14)19(23)22(3)13-17-12-18(25-21-17)15-7-8-15/h4-6,11-12,15,24H,7-8,13H2,1-3H3. The number of carbonyl (C=O) groups excluding carboxylic acids is 1. The number of nitrogens with zero attached hydrogens (tertiary/aromatic N) is 2. The van der Waals surface area contributed by atoms with Crippen LogP contribution in [0, 0.1) is 11.8 Å². The maximum Gasteiger partial charge on any atom is 0.253 e. The summed E-state index contributed by atoms with van der Waals surface area (Å²) in [6.45, 7) is 3.64. The van der Waals surface area contributed by atoms with E-state index in [-0.39, 0.29) is 5.91 Å². The first-order valence-corrected chi connectivity index (χ1v) is 8.38. The molecule has 1 N–H and O–H groups in total. The van der Waals surface area contributed by atoms with Crippen molar-refractivity contribution in [1.29, 1.82) is 0 Å². The highest BCUT2D eigenvalue weighted by molar-refractivity contribution is 5.94. The molecule has 0 spiro atoms. The molecule has 5 nitrogen and oxygen atoms in total. The van der Waals surface area contributed by atoms with Crippen LogP contribution in [-0.2, 0) is 6.54 Å². The molecule has 1 aromatic carbocycles. The summed E-state index contributed by atoms with van der Waals surface area (Å²) in [7, 11) is 1.74. The van der Waals surface area contributed by atoms with E-state index in [4.69, 9.17) is 4.52 Å². The number of aromatic nitrogens is 1. The lowest BCUT2D eigenvalue weighted by atomic mass is 10.1. The molecular weight excluding hydrogens is 316 g/mol. The largest absolute Gasteiger partial charge is 0.378 e. The first-order chi connectivity index (χ1) is 11.8. The van der Waals surface area contributed by atoms with E-state index >= 15 is 0 Å². The van der Waals surface area contributed by atoms with E-state index in [0.29, 0.717) is 23.6 Å². The molecule has 0 aliphatic heterocycles. The van der Waals surface area contributed by atoms with Crippen LogP contribution in [0.5, 0.6) is 0 Å². The molecule has 130 valence electrons. The molecule has 25 heavy (non-hydrogen) atoms. The molecule has 1 aliphatic carbocycles. The maximum absolute atomic E-state index is 12.6. The van der Waals surface area contributed by atoms with E-state index in [0.717, 1.165) is 24.3 Å². The highest BCUT2D eigenvalue weighted by Gasteiger charge is 2.28. The molecule has 1 aromatic heterocycles. The number of aliphatic hydroxyl groups is 1. The van der Waals surface area contributed by atoms with Gasteiger partial charge in [-0.15, -0.1) is 0 Å². The number of benzene rings is 1. The summed E-state index contributed by atoms with van der Waals surface area (Å²) in [5, 5.41) is 13.7. The van der Waals surface area contributed by atoms with Crippen LogP contribution in [0.25, 0.3) is 0 Å². The van der Waals surface area contributed by atoms with E-state index in [1.807, 2.05) is 12.1 Å². The van der Waals surface area contributed by atoms with E-state index in [1.165, 1.54) is 0 Å². The molecule has 1 saturated carbocycles. The first-order valence-electron chi connectivity index (χ1n) is 8.38. The summed E-state index contributed by atoms with van der Waals surface area (Å²) < 4.78 is 5.33. The minimum atomic E-state index is -1.07. The summed E-state index contributed by atoms with van der Waals surface area (Å²) in [5.41, 5.74) is 0.939. The van der Waals surface area contributed by atoms with Gasteiger partial charge in [-0.1, -0.05) is 23.1 Å². The second-order valence-electron chi connectivity index (χ2n) is 7.05. The van der Waals surface area contributed by atoms with Crippen LogP contribution in [0.15, 0.2) is 34.9 Å². The summed E-state index contributed by atoms with van der Waals surface area (Å²) in [6, 6.07) is 9.03. The Labute approximate surface area is 147 Å². The second-order valence-corrected chi connectivity index (χ2v) is 7.05. The molecule has 2 aromatic rings. The Bertz CT molecular complexity index is 832. The number of amides is 1. The number of hydrogen-bond donors (Lipinski definition) is 1. The fourth-order valence-electron chi connectivity index (χ4n) is 2.45. The lowest BCUT2D eigenvalue weighted by molar-refractivity contribution is 0.0782. The van der Waals surface area contributed by atoms with Crippen LogP contribution in [0.3, 0.4) is 0 Å². The molecule has 0 saturated heterocycles. The van der Waals surface area contributed by atoms with Gasteiger partial charge in [0.1, 0.15) is 17.1 Å². The number of carbonyl (C=O) groups is 1. The van der Waals surface area contributed by atoms with Gasteiger partial charge in [-0.2, -0.15) is 0 Å². The van der Waals surface area contributed by atoms with Gasteiger partial charge < -0.3 is 14.5 Å². The van der Waals surface area contributed by atoms with E-state index < -0.39 is 5.60 Å². The second kappa shape index (κ2) is 6.73. The Kier molecular flexibility index (Phi) is 4.65. The normalized spacial score (nSPS) is 13.9. The lowest BCUT2D eigenvalue weighted by Crippen LogP contribution is -2.26. The fraction of sp³-hybridized carbons (Fsp3) is 0.400. The smallest absolute Gasteiger partial charge is 0.253 e. The highest BCUT2D eigenvalue weighted by atomic mass is 16.5. The molecule has 1 aliphatic rings. The Morgan fingerprint density at radius 2 is 2.16 bits per heavy atom. The Morgan fingerprint density at radius 1 is 1.40 bits per heavy atom. The monoisotopic (exact) mass is 338 g/mol. The molecule has 0 atom stereocenters. The molecule has 1 fully saturated rings. The van der Waals surface area contributed by atoms with Crippen LogP contribution in [0.4, 0.5) is 0 Å². The van der Waals surface area contributed by atoms with Crippen molar-refractivity contribution in [3.8, 4) is 11.8 Å². The zero-order chi connectivity index (χ0) is 18.0. The number of hydrogen-bond acceptors (Lipinski definition) is 4. The van der Waals surface area contributed by atoms with Crippen molar-refractivity contribution in [3.63, 3.8) is 0 Å². The van der Waals surface area contributed by atoms with E-state index in [2.05, 4.69) is 17.0 Å². The van der Waals surface area contributed by atoms with Gasteiger partial charge in [-0.05, 0) is 44.9 Å². The van der Waals surface area contributed by atoms with Crippen molar-refractivity contribution in [1.82, 2.24) is 10.1 Å². The Morgan fingerprint density at radius 3 is 2.84 bits per heavy atom. The van der Waals surface area contributed by atoms with Crippen molar-refractivity contribution < 1.29 is 14.4 Å².